The number of hydrogen-bond donors (Lipinski definition) is 1. The van der Waals surface area contributed by atoms with Crippen molar-refractivity contribution in [3.63, 3.8) is 0 Å². The molecule has 1 aliphatic rings. The first-order valence-electron chi connectivity index (χ1n) is 5.05. The molecule has 1 aromatic carbocycles. The van der Waals surface area contributed by atoms with E-state index < -0.39 is 12.2 Å². The highest BCUT2D eigenvalue weighted by Gasteiger charge is 2.32. The summed E-state index contributed by atoms with van der Waals surface area (Å²) in [5.41, 5.74) is 0.901. The summed E-state index contributed by atoms with van der Waals surface area (Å²) in [6, 6.07) is 9.35. The molecular weight excluding hydrogens is 210 g/mol. The van der Waals surface area contributed by atoms with E-state index in [1.54, 1.807) is 0 Å². The number of esters is 1. The van der Waals surface area contributed by atoms with Crippen molar-refractivity contribution in [3.8, 4) is 0 Å². The molecule has 0 amide bonds. The molecule has 0 radical (unpaired) electrons. The fourth-order valence-electron chi connectivity index (χ4n) is 1.45. The molecule has 2 rings (SSSR count). The molecule has 1 aromatic rings. The van der Waals surface area contributed by atoms with E-state index in [4.69, 9.17) is 9.47 Å². The molecule has 1 aliphatic heterocycles. The van der Waals surface area contributed by atoms with Crippen LogP contribution in [0.15, 0.2) is 30.3 Å². The number of carbonyl (C=O) groups excluding carboxylic acids is 1. The summed E-state index contributed by atoms with van der Waals surface area (Å²) in [4.78, 5) is 11.5. The Morgan fingerprint density at radius 1 is 1.50 bits per heavy atom. The standard InChI is InChI=1S/C11H13NO4/c13-11(10-12(14)6-7-15-10)16-8-9-4-2-1-3-5-9/h1-5,10,14H,6-8H2. The van der Waals surface area contributed by atoms with Crippen LogP contribution in [0.3, 0.4) is 0 Å². The van der Waals surface area contributed by atoms with Crippen molar-refractivity contribution in [2.24, 2.45) is 0 Å². The maximum Gasteiger partial charge on any atom is 0.353 e. The molecule has 1 unspecified atom stereocenters. The van der Waals surface area contributed by atoms with Crippen molar-refractivity contribution in [1.29, 1.82) is 0 Å². The first-order valence-corrected chi connectivity index (χ1v) is 5.05. The molecule has 1 atom stereocenters. The predicted molar refractivity (Wildman–Crippen MR) is 54.5 cm³/mol. The lowest BCUT2D eigenvalue weighted by molar-refractivity contribution is -0.193. The summed E-state index contributed by atoms with van der Waals surface area (Å²) in [5, 5.41) is 10.1. The molecule has 1 saturated heterocycles. The van der Waals surface area contributed by atoms with Gasteiger partial charge in [-0.3, -0.25) is 0 Å². The highest BCUT2D eigenvalue weighted by Crippen LogP contribution is 2.10. The van der Waals surface area contributed by atoms with Crippen molar-refractivity contribution in [3.05, 3.63) is 35.9 Å². The maximum atomic E-state index is 11.5. The van der Waals surface area contributed by atoms with Crippen molar-refractivity contribution < 1.29 is 19.5 Å². The van der Waals surface area contributed by atoms with Crippen LogP contribution < -0.4 is 0 Å². The number of hydroxylamine groups is 2. The Morgan fingerprint density at radius 3 is 2.88 bits per heavy atom. The van der Waals surface area contributed by atoms with Gasteiger partial charge in [-0.2, -0.15) is 5.06 Å². The van der Waals surface area contributed by atoms with Gasteiger partial charge in [0.05, 0.1) is 13.2 Å². The molecular formula is C11H13NO4. The third-order valence-electron chi connectivity index (χ3n) is 2.29. The second-order valence-corrected chi connectivity index (χ2v) is 3.48. The second kappa shape index (κ2) is 5.07. The van der Waals surface area contributed by atoms with Crippen LogP contribution in [-0.4, -0.2) is 35.6 Å². The number of nitrogens with zero attached hydrogens (tertiary/aromatic N) is 1. The summed E-state index contributed by atoms with van der Waals surface area (Å²) < 4.78 is 10.0. The van der Waals surface area contributed by atoms with Gasteiger partial charge in [0, 0.05) is 0 Å². The lowest BCUT2D eigenvalue weighted by atomic mass is 10.2. The van der Waals surface area contributed by atoms with Gasteiger partial charge in [0.1, 0.15) is 6.61 Å². The number of rotatable bonds is 3. The monoisotopic (exact) mass is 223 g/mol. The summed E-state index contributed by atoms with van der Waals surface area (Å²) in [5.74, 6) is -0.566. The van der Waals surface area contributed by atoms with E-state index in [2.05, 4.69) is 0 Å². The van der Waals surface area contributed by atoms with Crippen molar-refractivity contribution in [2.75, 3.05) is 13.2 Å². The predicted octanol–water partition coefficient (Wildman–Crippen LogP) is 0.777. The third-order valence-corrected chi connectivity index (χ3v) is 2.29. The summed E-state index contributed by atoms with van der Waals surface area (Å²) in [6.45, 7) is 0.847. The molecule has 5 heteroatoms. The summed E-state index contributed by atoms with van der Waals surface area (Å²) in [7, 11) is 0. The molecule has 1 fully saturated rings. The van der Waals surface area contributed by atoms with Crippen molar-refractivity contribution >= 4 is 5.97 Å². The molecule has 5 nitrogen and oxygen atoms in total. The minimum atomic E-state index is -0.983. The van der Waals surface area contributed by atoms with Gasteiger partial charge in [-0.15, -0.1) is 0 Å². The van der Waals surface area contributed by atoms with Crippen LogP contribution in [0.4, 0.5) is 0 Å². The molecule has 16 heavy (non-hydrogen) atoms. The Bertz CT molecular complexity index is 354. The van der Waals surface area contributed by atoms with Gasteiger partial charge in [0.15, 0.2) is 0 Å². The lowest BCUT2D eigenvalue weighted by Crippen LogP contribution is -2.35. The number of benzene rings is 1. The Labute approximate surface area is 93.1 Å². The molecule has 1 N–H and O–H groups in total. The topological polar surface area (TPSA) is 59.0 Å². The SMILES string of the molecule is O=C(OCc1ccccc1)C1OCCN1O. The minimum absolute atomic E-state index is 0.188. The highest BCUT2D eigenvalue weighted by molar-refractivity contribution is 5.74. The van der Waals surface area contributed by atoms with E-state index in [9.17, 15) is 10.0 Å². The van der Waals surface area contributed by atoms with Gasteiger partial charge in [0.25, 0.3) is 0 Å². The van der Waals surface area contributed by atoms with Gasteiger partial charge < -0.3 is 14.7 Å². The Hall–Kier alpha value is -1.43. The molecule has 0 saturated carbocycles. The fraction of sp³-hybridized carbons (Fsp3) is 0.364. The van der Waals surface area contributed by atoms with Crippen LogP contribution in [0.5, 0.6) is 0 Å². The quantitative estimate of drug-likeness (QED) is 0.767. The Morgan fingerprint density at radius 2 is 2.25 bits per heavy atom. The summed E-state index contributed by atoms with van der Waals surface area (Å²) in [6.07, 6.45) is -0.983. The molecule has 0 aromatic heterocycles. The highest BCUT2D eigenvalue weighted by atomic mass is 16.6. The van der Waals surface area contributed by atoms with Crippen LogP contribution in [0.2, 0.25) is 0 Å². The van der Waals surface area contributed by atoms with Gasteiger partial charge in [-0.1, -0.05) is 30.3 Å². The number of carbonyl (C=O) groups is 1. The smallest absolute Gasteiger partial charge is 0.353 e. The molecule has 0 aliphatic carbocycles. The maximum absolute atomic E-state index is 11.5. The first-order chi connectivity index (χ1) is 7.77. The Balaban J connectivity index is 1.84. The van der Waals surface area contributed by atoms with Gasteiger partial charge >= 0.3 is 5.97 Å². The van der Waals surface area contributed by atoms with E-state index >= 15 is 0 Å². The van der Waals surface area contributed by atoms with E-state index in [-0.39, 0.29) is 6.61 Å². The molecule has 0 bridgehead atoms. The van der Waals surface area contributed by atoms with Crippen LogP contribution in [0.1, 0.15) is 5.56 Å². The van der Waals surface area contributed by atoms with Gasteiger partial charge in [-0.25, -0.2) is 4.79 Å². The van der Waals surface area contributed by atoms with Crippen molar-refractivity contribution in [2.45, 2.75) is 12.8 Å². The molecule has 86 valence electrons. The van der Waals surface area contributed by atoms with Crippen LogP contribution >= 0.6 is 0 Å². The second-order valence-electron chi connectivity index (χ2n) is 3.48. The zero-order chi connectivity index (χ0) is 11.4. The first kappa shape index (κ1) is 11.1. The van der Waals surface area contributed by atoms with Crippen LogP contribution in [0.25, 0.3) is 0 Å². The third kappa shape index (κ3) is 2.57. The average molecular weight is 223 g/mol. The zero-order valence-electron chi connectivity index (χ0n) is 8.70. The van der Waals surface area contributed by atoms with E-state index in [0.29, 0.717) is 13.2 Å². The summed E-state index contributed by atoms with van der Waals surface area (Å²) >= 11 is 0. The van der Waals surface area contributed by atoms with E-state index in [0.717, 1.165) is 10.6 Å². The minimum Gasteiger partial charge on any atom is -0.458 e. The molecule has 1 heterocycles. The number of ether oxygens (including phenoxy) is 2. The number of hydrogen-bond acceptors (Lipinski definition) is 5. The lowest BCUT2D eigenvalue weighted by Gasteiger charge is -2.14. The van der Waals surface area contributed by atoms with Crippen LogP contribution in [0, 0.1) is 0 Å². The zero-order valence-corrected chi connectivity index (χ0v) is 8.70. The fourth-order valence-corrected chi connectivity index (χ4v) is 1.45. The van der Waals surface area contributed by atoms with Gasteiger partial charge in [-0.05, 0) is 5.56 Å². The Kier molecular flexibility index (Phi) is 3.51. The van der Waals surface area contributed by atoms with Crippen LogP contribution in [-0.2, 0) is 20.9 Å². The largest absolute Gasteiger partial charge is 0.458 e. The average Bonchev–Trinajstić information content (AvgIpc) is 2.74. The molecule has 0 spiro atoms. The van der Waals surface area contributed by atoms with Gasteiger partial charge in [0.2, 0.25) is 6.23 Å². The van der Waals surface area contributed by atoms with Crippen molar-refractivity contribution in [1.82, 2.24) is 5.06 Å². The van der Waals surface area contributed by atoms with E-state index in [1.807, 2.05) is 30.3 Å². The van der Waals surface area contributed by atoms with E-state index in [1.165, 1.54) is 0 Å². The normalized spacial score (nSPS) is 20.9.